The highest BCUT2D eigenvalue weighted by atomic mass is 14.7. The highest BCUT2D eigenvalue weighted by Gasteiger charge is 2.07. The van der Waals surface area contributed by atoms with E-state index in [2.05, 4.69) is 37.3 Å². The van der Waals surface area contributed by atoms with E-state index in [9.17, 15) is 0 Å². The molecule has 1 atom stereocenters. The maximum Gasteiger partial charge on any atom is 0.0713 e. The van der Waals surface area contributed by atoms with Crippen LogP contribution in [-0.4, -0.2) is 12.8 Å². The van der Waals surface area contributed by atoms with Crippen LogP contribution < -0.4 is 0 Å². The van der Waals surface area contributed by atoms with Crippen molar-refractivity contribution in [3.05, 3.63) is 42.0 Å². The number of aryl methyl sites for hydroxylation is 1. The van der Waals surface area contributed by atoms with Crippen molar-refractivity contribution < 1.29 is 0 Å². The topological polar surface area (TPSA) is 12.4 Å². The minimum atomic E-state index is 0.0982. The van der Waals surface area contributed by atoms with Gasteiger partial charge in [0, 0.05) is 0 Å². The van der Waals surface area contributed by atoms with Gasteiger partial charge >= 0.3 is 0 Å². The fourth-order valence-electron chi connectivity index (χ4n) is 1.27. The maximum absolute atomic E-state index is 4.02. The summed E-state index contributed by atoms with van der Waals surface area (Å²) in [7, 11) is 0. The predicted octanol–water partition coefficient (Wildman–Crippen LogP) is 3.10. The standard InChI is InChI=1S/C12H15N/c1-9-7-5-6-8-12(9)10(2)11(3)13-4/h5-8,11H,2,4H2,1,3H3. The summed E-state index contributed by atoms with van der Waals surface area (Å²) in [5, 5.41) is 0. The number of hydrogen-bond donors (Lipinski definition) is 0. The zero-order valence-corrected chi connectivity index (χ0v) is 8.25. The molecule has 0 aliphatic rings. The first-order valence-corrected chi connectivity index (χ1v) is 4.37. The molecule has 0 aromatic heterocycles. The van der Waals surface area contributed by atoms with E-state index in [-0.39, 0.29) is 6.04 Å². The molecule has 1 rings (SSSR count). The molecule has 0 aliphatic carbocycles. The first-order chi connectivity index (χ1) is 6.16. The Kier molecular flexibility index (Phi) is 3.02. The molecule has 1 heteroatoms. The fourth-order valence-corrected chi connectivity index (χ4v) is 1.27. The summed E-state index contributed by atoms with van der Waals surface area (Å²) in [4.78, 5) is 3.96. The van der Waals surface area contributed by atoms with Gasteiger partial charge in [-0.2, -0.15) is 0 Å². The zero-order valence-electron chi connectivity index (χ0n) is 8.25. The van der Waals surface area contributed by atoms with E-state index in [1.165, 1.54) is 11.1 Å². The van der Waals surface area contributed by atoms with Gasteiger partial charge in [0.2, 0.25) is 0 Å². The van der Waals surface area contributed by atoms with Crippen LogP contribution in [-0.2, 0) is 0 Å². The lowest BCUT2D eigenvalue weighted by molar-refractivity contribution is 0.958. The molecule has 0 aliphatic heterocycles. The lowest BCUT2D eigenvalue weighted by atomic mass is 9.97. The second-order valence-electron chi connectivity index (χ2n) is 3.20. The minimum Gasteiger partial charge on any atom is -0.293 e. The monoisotopic (exact) mass is 173 g/mol. The first-order valence-electron chi connectivity index (χ1n) is 4.37. The average molecular weight is 173 g/mol. The summed E-state index contributed by atoms with van der Waals surface area (Å²) in [6, 6.07) is 8.29. The SMILES string of the molecule is C=NC(C)C(=C)c1ccccc1C. The Morgan fingerprint density at radius 3 is 2.54 bits per heavy atom. The van der Waals surface area contributed by atoms with Crippen LogP contribution in [0.25, 0.3) is 5.57 Å². The van der Waals surface area contributed by atoms with Crippen molar-refractivity contribution in [1.82, 2.24) is 0 Å². The van der Waals surface area contributed by atoms with E-state index in [0.717, 1.165) is 5.57 Å². The van der Waals surface area contributed by atoms with Crippen LogP contribution in [0, 0.1) is 6.92 Å². The van der Waals surface area contributed by atoms with E-state index >= 15 is 0 Å². The normalized spacial score (nSPS) is 12.2. The molecular formula is C12H15N. The van der Waals surface area contributed by atoms with Crippen LogP contribution >= 0.6 is 0 Å². The Hall–Kier alpha value is -1.37. The van der Waals surface area contributed by atoms with Crippen LogP contribution in [0.3, 0.4) is 0 Å². The summed E-state index contributed by atoms with van der Waals surface area (Å²) < 4.78 is 0. The summed E-state index contributed by atoms with van der Waals surface area (Å²) in [6.45, 7) is 11.6. The average Bonchev–Trinajstić information content (AvgIpc) is 2.16. The third kappa shape index (κ3) is 2.05. The van der Waals surface area contributed by atoms with Gasteiger partial charge in [-0.05, 0) is 37.3 Å². The summed E-state index contributed by atoms with van der Waals surface area (Å²) >= 11 is 0. The van der Waals surface area contributed by atoms with Crippen molar-refractivity contribution in [1.29, 1.82) is 0 Å². The molecule has 0 radical (unpaired) electrons. The van der Waals surface area contributed by atoms with Crippen molar-refractivity contribution in [3.8, 4) is 0 Å². The molecule has 13 heavy (non-hydrogen) atoms. The Morgan fingerprint density at radius 2 is 2.00 bits per heavy atom. The van der Waals surface area contributed by atoms with Crippen LogP contribution in [0.15, 0.2) is 35.8 Å². The third-order valence-corrected chi connectivity index (χ3v) is 2.27. The lowest BCUT2D eigenvalue weighted by Crippen LogP contribution is -2.01. The predicted molar refractivity (Wildman–Crippen MR) is 59.2 cm³/mol. The summed E-state index contributed by atoms with van der Waals surface area (Å²) in [6.07, 6.45) is 0. The van der Waals surface area contributed by atoms with E-state index < -0.39 is 0 Å². The minimum absolute atomic E-state index is 0.0982. The van der Waals surface area contributed by atoms with Gasteiger partial charge in [0.05, 0.1) is 6.04 Å². The molecular weight excluding hydrogens is 158 g/mol. The van der Waals surface area contributed by atoms with Gasteiger partial charge < -0.3 is 0 Å². The van der Waals surface area contributed by atoms with Crippen LogP contribution in [0.1, 0.15) is 18.1 Å². The number of rotatable bonds is 3. The fraction of sp³-hybridized carbons (Fsp3) is 0.250. The van der Waals surface area contributed by atoms with Crippen molar-refractivity contribution in [3.63, 3.8) is 0 Å². The molecule has 0 N–H and O–H groups in total. The molecule has 1 aromatic carbocycles. The Bertz CT molecular complexity index is 326. The quantitative estimate of drug-likeness (QED) is 0.623. The van der Waals surface area contributed by atoms with Gasteiger partial charge in [0.25, 0.3) is 0 Å². The van der Waals surface area contributed by atoms with Gasteiger partial charge in [-0.3, -0.25) is 4.99 Å². The van der Waals surface area contributed by atoms with E-state index in [1.54, 1.807) is 0 Å². The number of hydrogen-bond acceptors (Lipinski definition) is 1. The molecule has 0 heterocycles. The van der Waals surface area contributed by atoms with Crippen LogP contribution in [0.5, 0.6) is 0 Å². The second-order valence-corrected chi connectivity index (χ2v) is 3.20. The highest BCUT2D eigenvalue weighted by molar-refractivity contribution is 5.70. The van der Waals surface area contributed by atoms with Gasteiger partial charge in [-0.15, -0.1) is 0 Å². The smallest absolute Gasteiger partial charge is 0.0713 e. The van der Waals surface area contributed by atoms with E-state index in [4.69, 9.17) is 0 Å². The van der Waals surface area contributed by atoms with E-state index in [0.29, 0.717) is 0 Å². The van der Waals surface area contributed by atoms with Crippen molar-refractivity contribution in [2.24, 2.45) is 4.99 Å². The number of aliphatic imine (C=N–C) groups is 1. The van der Waals surface area contributed by atoms with Crippen molar-refractivity contribution >= 4 is 12.3 Å². The highest BCUT2D eigenvalue weighted by Crippen LogP contribution is 2.21. The summed E-state index contributed by atoms with van der Waals surface area (Å²) in [5.74, 6) is 0. The third-order valence-electron chi connectivity index (χ3n) is 2.27. The summed E-state index contributed by atoms with van der Waals surface area (Å²) in [5.41, 5.74) is 3.46. The van der Waals surface area contributed by atoms with Crippen molar-refractivity contribution in [2.75, 3.05) is 0 Å². The Labute approximate surface area is 79.8 Å². The molecule has 68 valence electrons. The lowest BCUT2D eigenvalue weighted by Gasteiger charge is -2.12. The molecule has 0 fully saturated rings. The molecule has 0 amide bonds. The number of nitrogens with zero attached hydrogens (tertiary/aromatic N) is 1. The molecule has 1 aromatic rings. The first kappa shape index (κ1) is 9.72. The van der Waals surface area contributed by atoms with Gasteiger partial charge in [-0.1, -0.05) is 30.8 Å². The van der Waals surface area contributed by atoms with E-state index in [1.807, 2.05) is 19.1 Å². The zero-order chi connectivity index (χ0) is 9.84. The van der Waals surface area contributed by atoms with Crippen LogP contribution in [0.4, 0.5) is 0 Å². The largest absolute Gasteiger partial charge is 0.293 e. The maximum atomic E-state index is 4.02. The Balaban J connectivity index is 3.02. The molecule has 0 saturated heterocycles. The number of benzene rings is 1. The van der Waals surface area contributed by atoms with Gasteiger partial charge in [-0.25, -0.2) is 0 Å². The van der Waals surface area contributed by atoms with Gasteiger partial charge in [0.1, 0.15) is 0 Å². The molecule has 0 saturated carbocycles. The molecule has 1 nitrogen and oxygen atoms in total. The van der Waals surface area contributed by atoms with Crippen LogP contribution in [0.2, 0.25) is 0 Å². The Morgan fingerprint density at radius 1 is 1.38 bits per heavy atom. The molecule has 1 unspecified atom stereocenters. The molecule has 0 spiro atoms. The van der Waals surface area contributed by atoms with Gasteiger partial charge in [0.15, 0.2) is 0 Å². The van der Waals surface area contributed by atoms with Crippen molar-refractivity contribution in [2.45, 2.75) is 19.9 Å². The second kappa shape index (κ2) is 4.04. The molecule has 0 bridgehead atoms.